The van der Waals surface area contributed by atoms with Gasteiger partial charge in [-0.05, 0) is 12.1 Å². The van der Waals surface area contributed by atoms with Gasteiger partial charge < -0.3 is 0 Å². The van der Waals surface area contributed by atoms with Gasteiger partial charge in [-0.2, -0.15) is 5.10 Å². The van der Waals surface area contributed by atoms with E-state index in [1.165, 1.54) is 12.1 Å². The fourth-order valence-electron chi connectivity index (χ4n) is 1.42. The van der Waals surface area contributed by atoms with Gasteiger partial charge in [-0.25, -0.2) is 0 Å². The zero-order chi connectivity index (χ0) is 11.5. The van der Waals surface area contributed by atoms with Gasteiger partial charge in [-0.3, -0.25) is 15.2 Å². The average molecular weight is 238 g/mol. The highest BCUT2D eigenvalue weighted by Crippen LogP contribution is 2.22. The van der Waals surface area contributed by atoms with E-state index in [0.717, 1.165) is 11.1 Å². The zero-order valence-corrected chi connectivity index (χ0v) is 8.94. The third-order valence-corrected chi connectivity index (χ3v) is 2.33. The highest BCUT2D eigenvalue weighted by Gasteiger charge is 2.09. The van der Waals surface area contributed by atoms with Crippen molar-refractivity contribution in [2.75, 3.05) is 5.88 Å². The summed E-state index contributed by atoms with van der Waals surface area (Å²) in [5, 5.41) is 18.2. The Morgan fingerprint density at radius 1 is 1.56 bits per heavy atom. The van der Waals surface area contributed by atoms with Crippen LogP contribution in [0, 0.1) is 10.1 Å². The molecule has 16 heavy (non-hydrogen) atoms. The molecule has 6 heteroatoms. The predicted octanol–water partition coefficient (Wildman–Crippen LogP) is 2.72. The molecule has 0 saturated carbocycles. The Bertz CT molecular complexity index is 562. The molecule has 0 aliphatic carbocycles. The van der Waals surface area contributed by atoms with E-state index in [9.17, 15) is 10.1 Å². The number of halogens is 1. The summed E-state index contributed by atoms with van der Waals surface area (Å²) in [7, 11) is 0. The second-order valence-corrected chi connectivity index (χ2v) is 3.46. The zero-order valence-electron chi connectivity index (χ0n) is 8.18. The first-order valence-electron chi connectivity index (χ1n) is 4.57. The maximum absolute atomic E-state index is 10.6. The van der Waals surface area contributed by atoms with Gasteiger partial charge in [0, 0.05) is 23.4 Å². The highest BCUT2D eigenvalue weighted by atomic mass is 35.5. The first-order chi connectivity index (χ1) is 7.72. The molecule has 2 rings (SSSR count). The van der Waals surface area contributed by atoms with Gasteiger partial charge in [0.2, 0.25) is 0 Å². The topological polar surface area (TPSA) is 71.8 Å². The van der Waals surface area contributed by atoms with Crippen LogP contribution in [0.3, 0.4) is 0 Å². The molecule has 82 valence electrons. The number of allylic oxidation sites excluding steroid dienone is 1. The molecule has 0 spiro atoms. The van der Waals surface area contributed by atoms with E-state index in [-0.39, 0.29) is 5.69 Å². The molecule has 0 amide bonds. The van der Waals surface area contributed by atoms with Crippen molar-refractivity contribution in [1.29, 1.82) is 0 Å². The van der Waals surface area contributed by atoms with Crippen molar-refractivity contribution in [3.8, 4) is 0 Å². The van der Waals surface area contributed by atoms with Crippen molar-refractivity contribution in [1.82, 2.24) is 10.2 Å². The highest BCUT2D eigenvalue weighted by molar-refractivity contribution is 6.19. The third kappa shape index (κ3) is 1.90. The summed E-state index contributed by atoms with van der Waals surface area (Å²) in [6.45, 7) is 0. The number of nitrogens with zero attached hydrogens (tertiary/aromatic N) is 2. The Morgan fingerprint density at radius 3 is 3.06 bits per heavy atom. The number of nitro groups is 1. The van der Waals surface area contributed by atoms with Gasteiger partial charge in [-0.15, -0.1) is 11.6 Å². The van der Waals surface area contributed by atoms with Gasteiger partial charge >= 0.3 is 0 Å². The molecule has 0 bridgehead atoms. The van der Waals surface area contributed by atoms with Crippen LogP contribution in [0.25, 0.3) is 17.0 Å². The van der Waals surface area contributed by atoms with E-state index in [1.807, 2.05) is 0 Å². The molecule has 0 unspecified atom stereocenters. The van der Waals surface area contributed by atoms with Gasteiger partial charge in [-0.1, -0.05) is 6.08 Å². The largest absolute Gasteiger partial charge is 0.277 e. The molecule has 0 saturated heterocycles. The van der Waals surface area contributed by atoms with Crippen LogP contribution in [0.5, 0.6) is 0 Å². The first kappa shape index (κ1) is 10.6. The smallest absolute Gasteiger partial charge is 0.270 e. The van der Waals surface area contributed by atoms with Crippen LogP contribution in [-0.2, 0) is 0 Å². The van der Waals surface area contributed by atoms with Crippen LogP contribution in [0.2, 0.25) is 0 Å². The second-order valence-electron chi connectivity index (χ2n) is 3.15. The van der Waals surface area contributed by atoms with Crippen molar-refractivity contribution < 1.29 is 4.92 Å². The number of nitro benzene ring substituents is 1. The summed E-state index contributed by atoms with van der Waals surface area (Å²) in [6, 6.07) is 4.53. The number of hydrogen-bond donors (Lipinski definition) is 1. The number of rotatable bonds is 3. The fourth-order valence-corrected chi connectivity index (χ4v) is 1.51. The van der Waals surface area contributed by atoms with Crippen LogP contribution < -0.4 is 0 Å². The van der Waals surface area contributed by atoms with Gasteiger partial charge in [0.05, 0.1) is 16.1 Å². The summed E-state index contributed by atoms with van der Waals surface area (Å²) < 4.78 is 0. The molecule has 0 atom stereocenters. The van der Waals surface area contributed by atoms with E-state index in [0.29, 0.717) is 11.4 Å². The Balaban J connectivity index is 2.55. The van der Waals surface area contributed by atoms with E-state index in [2.05, 4.69) is 10.2 Å². The Morgan fingerprint density at radius 2 is 2.38 bits per heavy atom. The maximum Gasteiger partial charge on any atom is 0.270 e. The number of fused-ring (bicyclic) bond motifs is 1. The minimum absolute atomic E-state index is 0.0504. The molecule has 0 aliphatic heterocycles. The number of aromatic nitrogens is 2. The number of benzene rings is 1. The molecule has 1 heterocycles. The van der Waals surface area contributed by atoms with Crippen LogP contribution in [0.15, 0.2) is 24.3 Å². The summed E-state index contributed by atoms with van der Waals surface area (Å²) in [6.07, 6.45) is 3.50. The van der Waals surface area contributed by atoms with Crippen LogP contribution in [-0.4, -0.2) is 21.0 Å². The predicted molar refractivity (Wildman–Crippen MR) is 62.5 cm³/mol. The van der Waals surface area contributed by atoms with Crippen molar-refractivity contribution >= 4 is 34.3 Å². The Hall–Kier alpha value is -1.88. The number of H-pyrrole nitrogens is 1. The van der Waals surface area contributed by atoms with Crippen molar-refractivity contribution in [2.24, 2.45) is 0 Å². The summed E-state index contributed by atoms with van der Waals surface area (Å²) in [5.74, 6) is 0.384. The third-order valence-electron chi connectivity index (χ3n) is 2.15. The molecule has 2 aromatic rings. The molecule has 5 nitrogen and oxygen atoms in total. The summed E-state index contributed by atoms with van der Waals surface area (Å²) in [5.41, 5.74) is 1.47. The molecule has 1 N–H and O–H groups in total. The molecule has 1 aromatic heterocycles. The fraction of sp³-hybridized carbons (Fsp3) is 0.100. The lowest BCUT2D eigenvalue weighted by atomic mass is 10.2. The molecule has 0 radical (unpaired) electrons. The summed E-state index contributed by atoms with van der Waals surface area (Å²) in [4.78, 5) is 10.2. The van der Waals surface area contributed by atoms with Crippen LogP contribution in [0.1, 0.15) is 5.69 Å². The molecule has 0 aliphatic rings. The number of aromatic amines is 1. The van der Waals surface area contributed by atoms with E-state index in [4.69, 9.17) is 11.6 Å². The Kier molecular flexibility index (Phi) is 2.87. The minimum atomic E-state index is -0.429. The van der Waals surface area contributed by atoms with Crippen LogP contribution in [0.4, 0.5) is 5.69 Å². The lowest BCUT2D eigenvalue weighted by Crippen LogP contribution is -1.86. The van der Waals surface area contributed by atoms with Gasteiger partial charge in [0.25, 0.3) is 5.69 Å². The molecule has 0 fully saturated rings. The number of hydrogen-bond acceptors (Lipinski definition) is 3. The Labute approximate surface area is 95.9 Å². The van der Waals surface area contributed by atoms with E-state index in [1.54, 1.807) is 18.2 Å². The standard InChI is InChI=1S/C10H8ClN3O2/c11-5-1-2-9-8-6-7(14(15)16)3-4-10(8)13-12-9/h1-4,6H,5H2,(H,12,13). The quantitative estimate of drug-likeness (QED) is 0.507. The monoisotopic (exact) mass is 237 g/mol. The summed E-state index contributed by atoms with van der Waals surface area (Å²) >= 11 is 5.52. The number of non-ortho nitro benzene ring substituents is 1. The van der Waals surface area contributed by atoms with Gasteiger partial charge in [0.15, 0.2) is 0 Å². The SMILES string of the molecule is O=[N+]([O-])c1ccc2n[nH]c(C=CCCl)c2c1. The first-order valence-corrected chi connectivity index (χ1v) is 5.11. The molecular formula is C10H8ClN3O2. The molecule has 1 aromatic carbocycles. The van der Waals surface area contributed by atoms with Crippen molar-refractivity contribution in [3.05, 3.63) is 40.1 Å². The number of alkyl halides is 1. The van der Waals surface area contributed by atoms with Crippen molar-refractivity contribution in [2.45, 2.75) is 0 Å². The van der Waals surface area contributed by atoms with Gasteiger partial charge in [0.1, 0.15) is 0 Å². The van der Waals surface area contributed by atoms with E-state index < -0.39 is 4.92 Å². The minimum Gasteiger partial charge on any atom is -0.277 e. The van der Waals surface area contributed by atoms with Crippen molar-refractivity contribution in [3.63, 3.8) is 0 Å². The lowest BCUT2D eigenvalue weighted by molar-refractivity contribution is -0.384. The normalized spacial score (nSPS) is 11.3. The second kappa shape index (κ2) is 4.32. The molecular weight excluding hydrogens is 230 g/mol. The average Bonchev–Trinajstić information content (AvgIpc) is 2.68. The lowest BCUT2D eigenvalue weighted by Gasteiger charge is -1.92. The van der Waals surface area contributed by atoms with E-state index >= 15 is 0 Å². The number of nitrogens with one attached hydrogen (secondary N) is 1. The van der Waals surface area contributed by atoms with Crippen LogP contribution >= 0.6 is 11.6 Å². The maximum atomic E-state index is 10.6.